The Balaban J connectivity index is 1.84. The van der Waals surface area contributed by atoms with Gasteiger partial charge in [0.25, 0.3) is 0 Å². The average molecular weight is 228 g/mol. The summed E-state index contributed by atoms with van der Waals surface area (Å²) in [5.41, 5.74) is 0. The molecule has 0 saturated heterocycles. The Kier molecular flexibility index (Phi) is 3.32. The maximum atomic E-state index is 5.92. The number of rotatable bonds is 4. The molecule has 0 bridgehead atoms. The summed E-state index contributed by atoms with van der Waals surface area (Å²) in [6.45, 7) is 3.06. The lowest BCUT2D eigenvalue weighted by Gasteiger charge is -2.31. The SMILES string of the molecule is CC(NCc1ncc(Cl)n1C)C1CCC1. The molecule has 1 saturated carbocycles. The molecule has 1 aromatic heterocycles. The zero-order chi connectivity index (χ0) is 10.8. The molecule has 0 aromatic carbocycles. The Morgan fingerprint density at radius 1 is 1.67 bits per heavy atom. The van der Waals surface area contributed by atoms with Crippen molar-refractivity contribution in [2.45, 2.75) is 38.8 Å². The predicted molar refractivity (Wildman–Crippen MR) is 61.9 cm³/mol. The lowest BCUT2D eigenvalue weighted by molar-refractivity contribution is 0.238. The molecule has 0 aliphatic heterocycles. The van der Waals surface area contributed by atoms with Crippen LogP contribution in [0.1, 0.15) is 32.0 Å². The second-order valence-corrected chi connectivity index (χ2v) is 4.80. The van der Waals surface area contributed by atoms with Gasteiger partial charge in [0, 0.05) is 13.1 Å². The average Bonchev–Trinajstić information content (AvgIpc) is 2.42. The summed E-state index contributed by atoms with van der Waals surface area (Å²) in [4.78, 5) is 4.26. The Hall–Kier alpha value is -0.540. The second-order valence-electron chi connectivity index (χ2n) is 4.42. The first kappa shape index (κ1) is 11.0. The van der Waals surface area contributed by atoms with Crippen LogP contribution in [-0.4, -0.2) is 15.6 Å². The Morgan fingerprint density at radius 2 is 2.40 bits per heavy atom. The molecule has 1 heterocycles. The van der Waals surface area contributed by atoms with Crippen molar-refractivity contribution >= 4 is 11.6 Å². The van der Waals surface area contributed by atoms with E-state index < -0.39 is 0 Å². The van der Waals surface area contributed by atoms with Crippen LogP contribution in [0.15, 0.2) is 6.20 Å². The van der Waals surface area contributed by atoms with Crippen molar-refractivity contribution in [3.8, 4) is 0 Å². The zero-order valence-corrected chi connectivity index (χ0v) is 10.1. The number of hydrogen-bond donors (Lipinski definition) is 1. The molecule has 0 spiro atoms. The molecule has 1 aliphatic rings. The fraction of sp³-hybridized carbons (Fsp3) is 0.727. The number of imidazole rings is 1. The van der Waals surface area contributed by atoms with Gasteiger partial charge in [-0.25, -0.2) is 4.98 Å². The van der Waals surface area contributed by atoms with Gasteiger partial charge in [-0.2, -0.15) is 0 Å². The van der Waals surface area contributed by atoms with Crippen molar-refractivity contribution in [3.05, 3.63) is 17.2 Å². The summed E-state index contributed by atoms with van der Waals surface area (Å²) in [6.07, 6.45) is 5.84. The molecule has 0 radical (unpaired) electrons. The van der Waals surface area contributed by atoms with E-state index in [0.717, 1.165) is 18.3 Å². The van der Waals surface area contributed by atoms with Crippen molar-refractivity contribution in [1.82, 2.24) is 14.9 Å². The van der Waals surface area contributed by atoms with Crippen LogP contribution < -0.4 is 5.32 Å². The van der Waals surface area contributed by atoms with Crippen LogP contribution in [0, 0.1) is 5.92 Å². The third-order valence-electron chi connectivity index (χ3n) is 3.47. The molecular weight excluding hydrogens is 210 g/mol. The van der Waals surface area contributed by atoms with E-state index in [-0.39, 0.29) is 0 Å². The maximum Gasteiger partial charge on any atom is 0.128 e. The molecule has 84 valence electrons. The number of hydrogen-bond acceptors (Lipinski definition) is 2. The summed E-state index contributed by atoms with van der Waals surface area (Å²) >= 11 is 5.92. The smallest absolute Gasteiger partial charge is 0.128 e. The molecule has 2 rings (SSSR count). The summed E-state index contributed by atoms with van der Waals surface area (Å²) in [5, 5.41) is 4.21. The van der Waals surface area contributed by atoms with E-state index in [1.54, 1.807) is 6.20 Å². The molecule has 1 aliphatic carbocycles. The molecule has 1 unspecified atom stereocenters. The fourth-order valence-electron chi connectivity index (χ4n) is 1.95. The molecule has 0 amide bonds. The van der Waals surface area contributed by atoms with Gasteiger partial charge in [-0.05, 0) is 25.7 Å². The molecule has 1 atom stereocenters. The third-order valence-corrected chi connectivity index (χ3v) is 3.82. The van der Waals surface area contributed by atoms with E-state index in [0.29, 0.717) is 11.2 Å². The molecule has 1 N–H and O–H groups in total. The highest BCUT2D eigenvalue weighted by Gasteiger charge is 2.23. The van der Waals surface area contributed by atoms with Crippen LogP contribution >= 0.6 is 11.6 Å². The normalized spacial score (nSPS) is 18.9. The summed E-state index contributed by atoms with van der Waals surface area (Å²) in [7, 11) is 1.94. The van der Waals surface area contributed by atoms with Crippen LogP contribution in [0.25, 0.3) is 0 Å². The molecule has 4 heteroatoms. The van der Waals surface area contributed by atoms with Gasteiger partial charge in [-0.15, -0.1) is 0 Å². The first-order chi connectivity index (χ1) is 7.18. The van der Waals surface area contributed by atoms with E-state index >= 15 is 0 Å². The minimum absolute atomic E-state index is 0.592. The number of nitrogens with zero attached hydrogens (tertiary/aromatic N) is 2. The zero-order valence-electron chi connectivity index (χ0n) is 9.33. The minimum atomic E-state index is 0.592. The predicted octanol–water partition coefficient (Wildman–Crippen LogP) is 2.35. The maximum absolute atomic E-state index is 5.92. The van der Waals surface area contributed by atoms with Gasteiger partial charge < -0.3 is 9.88 Å². The molecule has 1 fully saturated rings. The van der Waals surface area contributed by atoms with Crippen LogP contribution in [0.5, 0.6) is 0 Å². The first-order valence-corrected chi connectivity index (χ1v) is 5.95. The van der Waals surface area contributed by atoms with Crippen LogP contribution in [0.4, 0.5) is 0 Å². The lowest BCUT2D eigenvalue weighted by Crippen LogP contribution is -2.37. The van der Waals surface area contributed by atoms with Gasteiger partial charge in [0.2, 0.25) is 0 Å². The molecule has 3 nitrogen and oxygen atoms in total. The number of aromatic nitrogens is 2. The van der Waals surface area contributed by atoms with Crippen LogP contribution in [-0.2, 0) is 13.6 Å². The topological polar surface area (TPSA) is 29.9 Å². The molecule has 15 heavy (non-hydrogen) atoms. The van der Waals surface area contributed by atoms with Gasteiger partial charge in [-0.3, -0.25) is 0 Å². The first-order valence-electron chi connectivity index (χ1n) is 5.58. The van der Waals surface area contributed by atoms with Crippen molar-refractivity contribution in [1.29, 1.82) is 0 Å². The highest BCUT2D eigenvalue weighted by molar-refractivity contribution is 6.29. The Bertz CT molecular complexity index is 331. The van der Waals surface area contributed by atoms with Gasteiger partial charge in [0.05, 0.1) is 12.7 Å². The van der Waals surface area contributed by atoms with E-state index in [1.165, 1.54) is 19.3 Å². The van der Waals surface area contributed by atoms with E-state index in [1.807, 2.05) is 11.6 Å². The van der Waals surface area contributed by atoms with E-state index in [9.17, 15) is 0 Å². The summed E-state index contributed by atoms with van der Waals surface area (Å²) in [6, 6.07) is 0.592. The van der Waals surface area contributed by atoms with Crippen molar-refractivity contribution in [2.75, 3.05) is 0 Å². The summed E-state index contributed by atoms with van der Waals surface area (Å²) in [5.74, 6) is 1.87. The van der Waals surface area contributed by atoms with Gasteiger partial charge in [0.1, 0.15) is 11.0 Å². The Morgan fingerprint density at radius 3 is 2.87 bits per heavy atom. The monoisotopic (exact) mass is 227 g/mol. The largest absolute Gasteiger partial charge is 0.321 e. The highest BCUT2D eigenvalue weighted by Crippen LogP contribution is 2.29. The van der Waals surface area contributed by atoms with E-state index in [2.05, 4.69) is 17.2 Å². The van der Waals surface area contributed by atoms with Gasteiger partial charge in [-0.1, -0.05) is 18.0 Å². The van der Waals surface area contributed by atoms with Gasteiger partial charge in [0.15, 0.2) is 0 Å². The third kappa shape index (κ3) is 2.34. The number of halogens is 1. The van der Waals surface area contributed by atoms with Crippen molar-refractivity contribution < 1.29 is 0 Å². The Labute approximate surface area is 95.8 Å². The fourth-order valence-corrected chi connectivity index (χ4v) is 2.09. The molecular formula is C11H18ClN3. The van der Waals surface area contributed by atoms with Crippen molar-refractivity contribution in [3.63, 3.8) is 0 Å². The number of nitrogens with one attached hydrogen (secondary N) is 1. The lowest BCUT2D eigenvalue weighted by atomic mass is 9.80. The van der Waals surface area contributed by atoms with Crippen LogP contribution in [0.3, 0.4) is 0 Å². The second kappa shape index (κ2) is 4.54. The van der Waals surface area contributed by atoms with Gasteiger partial charge >= 0.3 is 0 Å². The molecule has 1 aromatic rings. The summed E-state index contributed by atoms with van der Waals surface area (Å²) < 4.78 is 1.92. The van der Waals surface area contributed by atoms with Crippen LogP contribution in [0.2, 0.25) is 5.15 Å². The quantitative estimate of drug-likeness (QED) is 0.856. The van der Waals surface area contributed by atoms with Crippen molar-refractivity contribution in [2.24, 2.45) is 13.0 Å². The van der Waals surface area contributed by atoms with E-state index in [4.69, 9.17) is 11.6 Å². The minimum Gasteiger partial charge on any atom is -0.321 e. The standard InChI is InChI=1S/C11H18ClN3/c1-8(9-4-3-5-9)13-7-11-14-6-10(12)15(11)2/h6,8-9,13H,3-5,7H2,1-2H3. The highest BCUT2D eigenvalue weighted by atomic mass is 35.5.